The topological polar surface area (TPSA) is 56.7 Å². The Morgan fingerprint density at radius 3 is 2.67 bits per heavy atom. The molecule has 2 N–H and O–H groups in total. The van der Waals surface area contributed by atoms with Crippen LogP contribution in [0.1, 0.15) is 34.1 Å². The lowest BCUT2D eigenvalue weighted by Gasteiger charge is -2.23. The number of aliphatic imine (C=N–C) groups is 1. The Morgan fingerprint density at radius 2 is 2.11 bits per heavy atom. The van der Waals surface area contributed by atoms with Gasteiger partial charge < -0.3 is 5.32 Å². The maximum atomic E-state index is 12.1. The van der Waals surface area contributed by atoms with Crippen LogP contribution in [0.2, 0.25) is 0 Å². The Hall–Kier alpha value is -1.10. The Bertz CT molecular complexity index is 364. The van der Waals surface area contributed by atoms with Gasteiger partial charge in [-0.2, -0.15) is 0 Å². The van der Waals surface area contributed by atoms with Gasteiger partial charge in [0.25, 0.3) is 5.91 Å². The highest BCUT2D eigenvalue weighted by Gasteiger charge is 2.50. The summed E-state index contributed by atoms with van der Waals surface area (Å²) >= 11 is 0. The van der Waals surface area contributed by atoms with Gasteiger partial charge in [0, 0.05) is 25.7 Å². The van der Waals surface area contributed by atoms with Crippen molar-refractivity contribution >= 4 is 11.9 Å². The van der Waals surface area contributed by atoms with E-state index < -0.39 is 5.54 Å². The van der Waals surface area contributed by atoms with E-state index >= 15 is 0 Å². The molecule has 0 saturated carbocycles. The fourth-order valence-electron chi connectivity index (χ4n) is 2.46. The van der Waals surface area contributed by atoms with E-state index in [1.165, 1.54) is 0 Å². The molecule has 0 radical (unpaired) electrons. The minimum Gasteiger partial charge on any atom is -0.341 e. The van der Waals surface area contributed by atoms with Crippen LogP contribution < -0.4 is 10.6 Å². The molecular formula is C13H24N4O. The fraction of sp³-hybridized carbons (Fsp3) is 0.846. The minimum absolute atomic E-state index is 0.0770. The van der Waals surface area contributed by atoms with Crippen LogP contribution >= 0.6 is 0 Å². The highest BCUT2D eigenvalue weighted by molar-refractivity contribution is 6.09. The molecule has 1 atom stereocenters. The first kappa shape index (κ1) is 13.3. The molecule has 1 unspecified atom stereocenters. The molecule has 5 nitrogen and oxygen atoms in total. The van der Waals surface area contributed by atoms with Crippen molar-refractivity contribution in [2.45, 2.75) is 45.7 Å². The van der Waals surface area contributed by atoms with Crippen LogP contribution in [0.3, 0.4) is 0 Å². The summed E-state index contributed by atoms with van der Waals surface area (Å²) < 4.78 is 0. The second kappa shape index (κ2) is 4.88. The van der Waals surface area contributed by atoms with E-state index in [0.29, 0.717) is 17.9 Å². The maximum absolute atomic E-state index is 12.1. The summed E-state index contributed by atoms with van der Waals surface area (Å²) in [6.45, 7) is 11.1. The van der Waals surface area contributed by atoms with Crippen molar-refractivity contribution in [3.8, 4) is 0 Å². The van der Waals surface area contributed by atoms with Crippen molar-refractivity contribution in [2.75, 3.05) is 19.6 Å². The highest BCUT2D eigenvalue weighted by atomic mass is 16.2. The van der Waals surface area contributed by atoms with Crippen molar-refractivity contribution in [1.82, 2.24) is 15.5 Å². The predicted octanol–water partition coefficient (Wildman–Crippen LogP) is 0.571. The molecule has 0 aromatic heterocycles. The molecular weight excluding hydrogens is 228 g/mol. The van der Waals surface area contributed by atoms with Crippen LogP contribution in [0.4, 0.5) is 0 Å². The lowest BCUT2D eigenvalue weighted by molar-refractivity contribution is -0.123. The molecule has 0 bridgehead atoms. The summed E-state index contributed by atoms with van der Waals surface area (Å²) in [7, 11) is 0. The highest BCUT2D eigenvalue weighted by Crippen LogP contribution is 2.25. The molecule has 2 aliphatic heterocycles. The molecule has 2 fully saturated rings. The average Bonchev–Trinajstić information content (AvgIpc) is 2.83. The average molecular weight is 252 g/mol. The number of nitrogens with one attached hydrogen (secondary N) is 2. The zero-order valence-electron chi connectivity index (χ0n) is 11.8. The van der Waals surface area contributed by atoms with Crippen molar-refractivity contribution in [1.29, 1.82) is 0 Å². The van der Waals surface area contributed by atoms with E-state index in [2.05, 4.69) is 48.2 Å². The number of carbonyl (C=O) groups excluding carboxylic acids is 1. The van der Waals surface area contributed by atoms with Gasteiger partial charge in [0.05, 0.1) is 0 Å². The van der Waals surface area contributed by atoms with Gasteiger partial charge in [0.1, 0.15) is 5.54 Å². The Morgan fingerprint density at radius 1 is 1.39 bits per heavy atom. The Kier molecular flexibility index (Phi) is 3.61. The van der Waals surface area contributed by atoms with Gasteiger partial charge in [0.15, 0.2) is 5.96 Å². The number of nitrogens with zero attached hydrogens (tertiary/aromatic N) is 2. The van der Waals surface area contributed by atoms with Crippen LogP contribution in [0.25, 0.3) is 0 Å². The third-order valence-corrected chi connectivity index (χ3v) is 3.67. The Balaban J connectivity index is 2.04. The third-order valence-electron chi connectivity index (χ3n) is 3.67. The third kappa shape index (κ3) is 2.51. The molecule has 1 amide bonds. The molecule has 0 aromatic rings. The lowest BCUT2D eigenvalue weighted by atomic mass is 9.99. The molecule has 2 heterocycles. The van der Waals surface area contributed by atoms with Gasteiger partial charge in [-0.25, -0.2) is 0 Å². The number of carbonyl (C=O) groups is 1. The van der Waals surface area contributed by atoms with E-state index in [-0.39, 0.29) is 5.91 Å². The molecule has 1 spiro atoms. The van der Waals surface area contributed by atoms with Crippen molar-refractivity contribution in [3.63, 3.8) is 0 Å². The van der Waals surface area contributed by atoms with Gasteiger partial charge in [-0.1, -0.05) is 13.8 Å². The fourth-order valence-corrected chi connectivity index (χ4v) is 2.46. The SMILES string of the molecule is CC(C)CN=C1NC(=O)C2(CCN(C(C)C)C2)N1. The van der Waals surface area contributed by atoms with Gasteiger partial charge in [-0.05, 0) is 26.2 Å². The molecule has 5 heteroatoms. The predicted molar refractivity (Wildman–Crippen MR) is 72.5 cm³/mol. The van der Waals surface area contributed by atoms with E-state index in [1.54, 1.807) is 0 Å². The maximum Gasteiger partial charge on any atom is 0.253 e. The number of amides is 1. The van der Waals surface area contributed by atoms with Crippen LogP contribution in [0.15, 0.2) is 4.99 Å². The number of likely N-dealkylation sites (tertiary alicyclic amines) is 1. The van der Waals surface area contributed by atoms with E-state index in [1.807, 2.05) is 0 Å². The molecule has 2 aliphatic rings. The standard InChI is InChI=1S/C13H24N4O/c1-9(2)7-14-12-15-11(18)13(16-12)5-6-17(8-13)10(3)4/h9-10H,5-8H2,1-4H3,(H2,14,15,16,18). The zero-order chi connectivity index (χ0) is 13.3. The van der Waals surface area contributed by atoms with Crippen LogP contribution in [-0.4, -0.2) is 48.0 Å². The van der Waals surface area contributed by atoms with Crippen LogP contribution in [-0.2, 0) is 4.79 Å². The molecule has 0 aromatic carbocycles. The largest absolute Gasteiger partial charge is 0.341 e. The second-order valence-electron chi connectivity index (χ2n) is 6.06. The van der Waals surface area contributed by atoms with Gasteiger partial charge in [0.2, 0.25) is 0 Å². The zero-order valence-corrected chi connectivity index (χ0v) is 11.8. The van der Waals surface area contributed by atoms with E-state index in [9.17, 15) is 4.79 Å². The van der Waals surface area contributed by atoms with Crippen molar-refractivity contribution in [3.05, 3.63) is 0 Å². The van der Waals surface area contributed by atoms with Gasteiger partial charge >= 0.3 is 0 Å². The molecule has 2 rings (SSSR count). The number of hydrogen-bond acceptors (Lipinski definition) is 3. The summed E-state index contributed by atoms with van der Waals surface area (Å²) in [6.07, 6.45) is 0.859. The first-order valence-corrected chi connectivity index (χ1v) is 6.81. The lowest BCUT2D eigenvalue weighted by Crippen LogP contribution is -2.49. The van der Waals surface area contributed by atoms with E-state index in [4.69, 9.17) is 0 Å². The normalized spacial score (nSPS) is 30.8. The first-order chi connectivity index (χ1) is 8.43. The molecule has 2 saturated heterocycles. The monoisotopic (exact) mass is 252 g/mol. The first-order valence-electron chi connectivity index (χ1n) is 6.81. The number of guanidine groups is 1. The van der Waals surface area contributed by atoms with Gasteiger partial charge in [-0.3, -0.25) is 20.0 Å². The molecule has 18 heavy (non-hydrogen) atoms. The summed E-state index contributed by atoms with van der Waals surface area (Å²) in [4.78, 5) is 18.9. The van der Waals surface area contributed by atoms with Crippen LogP contribution in [0.5, 0.6) is 0 Å². The summed E-state index contributed by atoms with van der Waals surface area (Å²) in [6, 6.07) is 0.482. The van der Waals surface area contributed by atoms with Crippen molar-refractivity contribution in [2.24, 2.45) is 10.9 Å². The Labute approximate surface area is 109 Å². The molecule has 102 valence electrons. The summed E-state index contributed by atoms with van der Waals surface area (Å²) in [5.41, 5.74) is -0.444. The van der Waals surface area contributed by atoms with Crippen molar-refractivity contribution < 1.29 is 4.79 Å². The smallest absolute Gasteiger partial charge is 0.253 e. The van der Waals surface area contributed by atoms with E-state index in [0.717, 1.165) is 26.1 Å². The number of rotatable bonds is 3. The summed E-state index contributed by atoms with van der Waals surface area (Å²) in [5, 5.41) is 6.18. The quantitative estimate of drug-likeness (QED) is 0.772. The van der Waals surface area contributed by atoms with Gasteiger partial charge in [-0.15, -0.1) is 0 Å². The molecule has 0 aliphatic carbocycles. The number of hydrogen-bond donors (Lipinski definition) is 2. The van der Waals surface area contributed by atoms with Crippen LogP contribution in [0, 0.1) is 5.92 Å². The second-order valence-corrected chi connectivity index (χ2v) is 6.06. The summed E-state index contributed by atoms with van der Waals surface area (Å²) in [5.74, 6) is 1.23. The minimum atomic E-state index is -0.444.